The molecule has 110 valence electrons. The fourth-order valence-corrected chi connectivity index (χ4v) is 2.59. The van der Waals surface area contributed by atoms with Gasteiger partial charge >= 0.3 is 0 Å². The SMILES string of the molecule is COCN1c2ccccc2N(CCCN)c2nccnc21. The highest BCUT2D eigenvalue weighted by atomic mass is 16.5. The molecule has 2 N–H and O–H groups in total. The summed E-state index contributed by atoms with van der Waals surface area (Å²) < 4.78 is 5.33. The van der Waals surface area contributed by atoms with Crippen molar-refractivity contribution in [2.75, 3.05) is 36.7 Å². The predicted molar refractivity (Wildman–Crippen MR) is 83.2 cm³/mol. The van der Waals surface area contributed by atoms with Crippen molar-refractivity contribution in [1.29, 1.82) is 0 Å². The minimum Gasteiger partial charge on any atom is -0.364 e. The maximum Gasteiger partial charge on any atom is 0.178 e. The summed E-state index contributed by atoms with van der Waals surface area (Å²) in [6.07, 6.45) is 4.32. The van der Waals surface area contributed by atoms with E-state index >= 15 is 0 Å². The summed E-state index contributed by atoms with van der Waals surface area (Å²) in [6, 6.07) is 8.21. The monoisotopic (exact) mass is 285 g/mol. The third kappa shape index (κ3) is 2.43. The van der Waals surface area contributed by atoms with Gasteiger partial charge in [-0.1, -0.05) is 12.1 Å². The van der Waals surface area contributed by atoms with E-state index in [0.29, 0.717) is 13.3 Å². The second-order valence-electron chi connectivity index (χ2n) is 4.83. The predicted octanol–water partition coefficient (Wildman–Crippen LogP) is 2.02. The number of nitrogens with zero attached hydrogens (tertiary/aromatic N) is 4. The van der Waals surface area contributed by atoms with Crippen molar-refractivity contribution in [3.05, 3.63) is 36.7 Å². The highest BCUT2D eigenvalue weighted by Gasteiger charge is 2.29. The van der Waals surface area contributed by atoms with Gasteiger partial charge in [0.2, 0.25) is 0 Å². The molecule has 0 radical (unpaired) electrons. The molecule has 2 heterocycles. The lowest BCUT2D eigenvalue weighted by molar-refractivity contribution is 0.205. The summed E-state index contributed by atoms with van der Waals surface area (Å²) in [6.45, 7) is 1.91. The molecule has 0 fully saturated rings. The lowest BCUT2D eigenvalue weighted by Gasteiger charge is -2.37. The number of para-hydroxylation sites is 2. The zero-order chi connectivity index (χ0) is 14.7. The molecule has 1 aliphatic rings. The maximum absolute atomic E-state index is 5.67. The quantitative estimate of drug-likeness (QED) is 0.906. The van der Waals surface area contributed by atoms with Crippen LogP contribution >= 0.6 is 0 Å². The molecule has 0 spiro atoms. The molecular weight excluding hydrogens is 266 g/mol. The van der Waals surface area contributed by atoms with Crippen molar-refractivity contribution < 1.29 is 4.74 Å². The molecule has 0 saturated carbocycles. The average Bonchev–Trinajstić information content (AvgIpc) is 2.54. The topological polar surface area (TPSA) is 67.5 Å². The van der Waals surface area contributed by atoms with Crippen LogP contribution in [0.25, 0.3) is 0 Å². The number of nitrogens with two attached hydrogens (primary N) is 1. The summed E-state index contributed by atoms with van der Waals surface area (Å²) >= 11 is 0. The van der Waals surface area contributed by atoms with Crippen LogP contribution in [0.4, 0.5) is 23.0 Å². The van der Waals surface area contributed by atoms with E-state index in [4.69, 9.17) is 10.5 Å². The van der Waals surface area contributed by atoms with Crippen molar-refractivity contribution in [3.63, 3.8) is 0 Å². The maximum atomic E-state index is 5.67. The van der Waals surface area contributed by atoms with E-state index in [9.17, 15) is 0 Å². The molecular formula is C15H19N5O. The first-order valence-corrected chi connectivity index (χ1v) is 7.01. The van der Waals surface area contributed by atoms with Gasteiger partial charge in [0, 0.05) is 26.0 Å². The van der Waals surface area contributed by atoms with Gasteiger partial charge < -0.3 is 15.4 Å². The molecule has 1 aromatic heterocycles. The minimum atomic E-state index is 0.438. The van der Waals surface area contributed by atoms with Crippen molar-refractivity contribution in [1.82, 2.24) is 9.97 Å². The van der Waals surface area contributed by atoms with E-state index in [0.717, 1.165) is 36.0 Å². The van der Waals surface area contributed by atoms with E-state index < -0.39 is 0 Å². The van der Waals surface area contributed by atoms with E-state index in [-0.39, 0.29) is 0 Å². The third-order valence-corrected chi connectivity index (χ3v) is 3.48. The number of methoxy groups -OCH3 is 1. The standard InChI is InChI=1S/C15H19N5O/c1-21-11-20-13-6-3-2-5-12(13)19(10-4-7-16)14-15(20)18-9-8-17-14/h2-3,5-6,8-9H,4,7,10-11,16H2,1H3. The number of hydrogen-bond donors (Lipinski definition) is 1. The number of benzene rings is 1. The van der Waals surface area contributed by atoms with Crippen molar-refractivity contribution in [3.8, 4) is 0 Å². The average molecular weight is 285 g/mol. The Kier molecular flexibility index (Phi) is 3.98. The van der Waals surface area contributed by atoms with Crippen molar-refractivity contribution in [2.45, 2.75) is 6.42 Å². The van der Waals surface area contributed by atoms with E-state index in [1.165, 1.54) is 0 Å². The molecule has 0 aliphatic carbocycles. The molecule has 2 aromatic rings. The van der Waals surface area contributed by atoms with E-state index in [1.54, 1.807) is 19.5 Å². The number of ether oxygens (including phenoxy) is 1. The van der Waals surface area contributed by atoms with Crippen LogP contribution in [0, 0.1) is 0 Å². The first-order chi connectivity index (χ1) is 10.4. The van der Waals surface area contributed by atoms with Gasteiger partial charge in [-0.2, -0.15) is 0 Å². The van der Waals surface area contributed by atoms with E-state index in [2.05, 4.69) is 27.0 Å². The van der Waals surface area contributed by atoms with Crippen LogP contribution in [0.5, 0.6) is 0 Å². The highest BCUT2D eigenvalue weighted by molar-refractivity contribution is 5.89. The van der Waals surface area contributed by atoms with Crippen molar-refractivity contribution >= 4 is 23.0 Å². The lowest BCUT2D eigenvalue weighted by atomic mass is 10.1. The smallest absolute Gasteiger partial charge is 0.178 e. The molecule has 21 heavy (non-hydrogen) atoms. The van der Waals surface area contributed by atoms with E-state index in [1.807, 2.05) is 17.0 Å². The van der Waals surface area contributed by atoms with Crippen LogP contribution in [0.2, 0.25) is 0 Å². The number of hydrogen-bond acceptors (Lipinski definition) is 6. The molecule has 0 saturated heterocycles. The molecule has 1 aromatic carbocycles. The molecule has 0 atom stereocenters. The van der Waals surface area contributed by atoms with Crippen LogP contribution in [0.3, 0.4) is 0 Å². The molecule has 6 nitrogen and oxygen atoms in total. The summed E-state index contributed by atoms with van der Waals surface area (Å²) in [7, 11) is 1.68. The van der Waals surface area contributed by atoms with Crippen LogP contribution in [0.1, 0.15) is 6.42 Å². The minimum absolute atomic E-state index is 0.438. The Morgan fingerprint density at radius 3 is 2.29 bits per heavy atom. The number of fused-ring (bicyclic) bond motifs is 2. The first-order valence-electron chi connectivity index (χ1n) is 7.01. The Balaban J connectivity index is 2.11. The second kappa shape index (κ2) is 6.07. The molecule has 0 bridgehead atoms. The van der Waals surface area contributed by atoms with Crippen LogP contribution in [-0.2, 0) is 4.74 Å². The van der Waals surface area contributed by atoms with Gasteiger partial charge in [-0.15, -0.1) is 0 Å². The Bertz CT molecular complexity index is 571. The molecule has 1 aliphatic heterocycles. The Hall–Kier alpha value is -2.18. The van der Waals surface area contributed by atoms with Gasteiger partial charge in [0.05, 0.1) is 11.4 Å². The summed E-state index contributed by atoms with van der Waals surface area (Å²) in [5.41, 5.74) is 7.85. The number of anilines is 4. The van der Waals surface area contributed by atoms with Gasteiger partial charge in [0.25, 0.3) is 0 Å². The van der Waals surface area contributed by atoms with Gasteiger partial charge in [-0.25, -0.2) is 9.97 Å². The summed E-state index contributed by atoms with van der Waals surface area (Å²) in [5, 5.41) is 0. The Morgan fingerprint density at radius 1 is 1.05 bits per heavy atom. The zero-order valence-electron chi connectivity index (χ0n) is 12.1. The van der Waals surface area contributed by atoms with Gasteiger partial charge in [-0.3, -0.25) is 4.90 Å². The van der Waals surface area contributed by atoms with Gasteiger partial charge in [0.15, 0.2) is 11.6 Å². The fourth-order valence-electron chi connectivity index (χ4n) is 2.59. The van der Waals surface area contributed by atoms with Crippen LogP contribution in [0.15, 0.2) is 36.7 Å². The van der Waals surface area contributed by atoms with Crippen LogP contribution < -0.4 is 15.5 Å². The molecule has 0 unspecified atom stereocenters. The molecule has 3 rings (SSSR count). The largest absolute Gasteiger partial charge is 0.364 e. The van der Waals surface area contributed by atoms with Gasteiger partial charge in [0.1, 0.15) is 6.73 Å². The van der Waals surface area contributed by atoms with Crippen molar-refractivity contribution in [2.24, 2.45) is 5.73 Å². The second-order valence-corrected chi connectivity index (χ2v) is 4.83. The lowest BCUT2D eigenvalue weighted by Crippen LogP contribution is -2.33. The third-order valence-electron chi connectivity index (χ3n) is 3.48. The Morgan fingerprint density at radius 2 is 1.67 bits per heavy atom. The zero-order valence-corrected chi connectivity index (χ0v) is 12.1. The Labute approximate surface area is 124 Å². The molecule has 0 amide bonds. The summed E-state index contributed by atoms with van der Waals surface area (Å²) in [5.74, 6) is 1.66. The number of aromatic nitrogens is 2. The summed E-state index contributed by atoms with van der Waals surface area (Å²) in [4.78, 5) is 13.2. The molecule has 6 heteroatoms. The highest BCUT2D eigenvalue weighted by Crippen LogP contribution is 2.45. The van der Waals surface area contributed by atoms with Crippen LogP contribution in [-0.4, -0.2) is 36.9 Å². The fraction of sp³-hybridized carbons (Fsp3) is 0.333. The number of rotatable bonds is 5. The van der Waals surface area contributed by atoms with Gasteiger partial charge in [-0.05, 0) is 25.1 Å². The first kappa shape index (κ1) is 13.8. The normalized spacial score (nSPS) is 13.0.